The van der Waals surface area contributed by atoms with Crippen molar-refractivity contribution in [2.24, 2.45) is 5.10 Å². The second kappa shape index (κ2) is 11.8. The van der Waals surface area contributed by atoms with Gasteiger partial charge in [-0.1, -0.05) is 37.3 Å². The van der Waals surface area contributed by atoms with Crippen molar-refractivity contribution in [3.05, 3.63) is 95.1 Å². The normalized spacial score (nSPS) is 14.4. The second-order valence-electron chi connectivity index (χ2n) is 8.29. The summed E-state index contributed by atoms with van der Waals surface area (Å²) in [7, 11) is 0. The lowest BCUT2D eigenvalue weighted by molar-refractivity contribution is -0.165. The molecular formula is C28H27N3O5. The van der Waals surface area contributed by atoms with E-state index in [9.17, 15) is 14.4 Å². The molecule has 3 aromatic rings. The predicted octanol–water partition coefficient (Wildman–Crippen LogP) is 4.70. The minimum atomic E-state index is -0.578. The zero-order valence-electron chi connectivity index (χ0n) is 19.9. The molecule has 0 bridgehead atoms. The number of hydrogen-bond acceptors (Lipinski definition) is 6. The van der Waals surface area contributed by atoms with Crippen molar-refractivity contribution in [1.29, 1.82) is 0 Å². The van der Waals surface area contributed by atoms with Crippen molar-refractivity contribution < 1.29 is 23.9 Å². The topological polar surface area (TPSA) is 106 Å². The highest BCUT2D eigenvalue weighted by atomic mass is 16.7. The van der Waals surface area contributed by atoms with E-state index in [1.54, 1.807) is 60.7 Å². The lowest BCUT2D eigenvalue weighted by Crippen LogP contribution is -2.28. The van der Waals surface area contributed by atoms with Crippen molar-refractivity contribution in [2.75, 3.05) is 5.32 Å². The van der Waals surface area contributed by atoms with Gasteiger partial charge in [-0.3, -0.25) is 14.4 Å². The van der Waals surface area contributed by atoms with Crippen LogP contribution >= 0.6 is 0 Å². The quantitative estimate of drug-likeness (QED) is 0.273. The zero-order chi connectivity index (χ0) is 25.3. The molecule has 1 heterocycles. The molecule has 0 radical (unpaired) electrons. The van der Waals surface area contributed by atoms with Crippen LogP contribution in [0.2, 0.25) is 0 Å². The Balaban J connectivity index is 1.30. The predicted molar refractivity (Wildman–Crippen MR) is 136 cm³/mol. The lowest BCUT2D eigenvalue weighted by atomic mass is 10.0. The van der Waals surface area contributed by atoms with Crippen molar-refractivity contribution in [1.82, 2.24) is 5.43 Å². The summed E-state index contributed by atoms with van der Waals surface area (Å²) in [6.45, 7) is 1.92. The third-order valence-electron chi connectivity index (χ3n) is 5.53. The van der Waals surface area contributed by atoms with E-state index in [1.165, 1.54) is 6.21 Å². The molecule has 0 aliphatic carbocycles. The number of hydrogen-bond donors (Lipinski definition) is 2. The summed E-state index contributed by atoms with van der Waals surface area (Å²) in [5.41, 5.74) is 5.81. The fourth-order valence-corrected chi connectivity index (χ4v) is 3.68. The Hall–Kier alpha value is -4.46. The number of benzene rings is 3. The van der Waals surface area contributed by atoms with Crippen LogP contribution in [0.3, 0.4) is 0 Å². The first-order valence-corrected chi connectivity index (χ1v) is 11.8. The minimum absolute atomic E-state index is 0.251. The smallest absolute Gasteiger partial charge is 0.308 e. The van der Waals surface area contributed by atoms with Gasteiger partial charge in [-0.25, -0.2) is 5.43 Å². The van der Waals surface area contributed by atoms with Gasteiger partial charge in [-0.15, -0.1) is 0 Å². The highest BCUT2D eigenvalue weighted by molar-refractivity contribution is 6.04. The Morgan fingerprint density at radius 3 is 2.50 bits per heavy atom. The minimum Gasteiger partial charge on any atom is -0.454 e. The number of carbonyl (C=O) groups is 3. The molecular weight excluding hydrogens is 458 g/mol. The number of ether oxygens (including phenoxy) is 2. The molecule has 1 aliphatic heterocycles. The molecule has 8 heteroatoms. The zero-order valence-corrected chi connectivity index (χ0v) is 19.9. The van der Waals surface area contributed by atoms with Gasteiger partial charge in [0.1, 0.15) is 5.75 Å². The van der Waals surface area contributed by atoms with Crippen LogP contribution in [0.15, 0.2) is 77.9 Å². The van der Waals surface area contributed by atoms with E-state index in [2.05, 4.69) is 15.8 Å². The molecule has 1 unspecified atom stereocenters. The maximum atomic E-state index is 12.7. The summed E-state index contributed by atoms with van der Waals surface area (Å²) < 4.78 is 11.1. The Morgan fingerprint density at radius 2 is 1.75 bits per heavy atom. The molecule has 4 rings (SSSR count). The van der Waals surface area contributed by atoms with Crippen LogP contribution in [-0.2, 0) is 16.0 Å². The number of nitrogens with one attached hydrogen (secondary N) is 2. The second-order valence-corrected chi connectivity index (χ2v) is 8.29. The van der Waals surface area contributed by atoms with E-state index >= 15 is 0 Å². The molecule has 184 valence electrons. The van der Waals surface area contributed by atoms with E-state index in [0.29, 0.717) is 41.8 Å². The maximum Gasteiger partial charge on any atom is 0.308 e. The van der Waals surface area contributed by atoms with E-state index in [4.69, 9.17) is 9.47 Å². The molecule has 0 saturated heterocycles. The number of anilines is 1. The number of hydrazone groups is 1. The van der Waals surface area contributed by atoms with Gasteiger partial charge >= 0.3 is 5.97 Å². The Labute approximate surface area is 209 Å². The lowest BCUT2D eigenvalue weighted by Gasteiger charge is -2.26. The third kappa shape index (κ3) is 6.56. The number of fused-ring (bicyclic) bond motifs is 1. The van der Waals surface area contributed by atoms with Crippen molar-refractivity contribution in [3.8, 4) is 5.75 Å². The van der Waals surface area contributed by atoms with E-state index < -0.39 is 6.29 Å². The van der Waals surface area contributed by atoms with Gasteiger partial charge in [0.05, 0.1) is 6.21 Å². The monoisotopic (exact) mass is 485 g/mol. The first-order chi connectivity index (χ1) is 17.5. The summed E-state index contributed by atoms with van der Waals surface area (Å²) >= 11 is 0. The maximum absolute atomic E-state index is 12.7. The molecule has 36 heavy (non-hydrogen) atoms. The van der Waals surface area contributed by atoms with Gasteiger partial charge < -0.3 is 14.8 Å². The van der Waals surface area contributed by atoms with E-state index in [-0.39, 0.29) is 17.8 Å². The molecule has 1 aliphatic rings. The molecule has 3 aromatic carbocycles. The molecule has 8 nitrogen and oxygen atoms in total. The Morgan fingerprint density at radius 1 is 1.00 bits per heavy atom. The largest absolute Gasteiger partial charge is 0.454 e. The first kappa shape index (κ1) is 24.7. The molecule has 0 spiro atoms. The van der Waals surface area contributed by atoms with Crippen molar-refractivity contribution in [3.63, 3.8) is 0 Å². The van der Waals surface area contributed by atoms with Gasteiger partial charge in [0, 0.05) is 29.7 Å². The third-order valence-corrected chi connectivity index (χ3v) is 5.53. The van der Waals surface area contributed by atoms with Crippen LogP contribution in [0.4, 0.5) is 5.69 Å². The van der Waals surface area contributed by atoms with Crippen molar-refractivity contribution >= 4 is 29.7 Å². The fourth-order valence-electron chi connectivity index (χ4n) is 3.68. The summed E-state index contributed by atoms with van der Waals surface area (Å²) in [4.78, 5) is 36.4. The number of esters is 1. The number of aryl methyl sites for hydroxylation is 1. The molecule has 0 fully saturated rings. The number of amides is 2. The van der Waals surface area contributed by atoms with Crippen LogP contribution in [-0.4, -0.2) is 30.3 Å². The Kier molecular flexibility index (Phi) is 8.08. The van der Waals surface area contributed by atoms with Crippen LogP contribution in [0, 0.1) is 0 Å². The number of nitrogens with zero attached hydrogens (tertiary/aromatic N) is 1. The molecule has 2 N–H and O–H groups in total. The number of rotatable bonds is 8. The number of carbonyl (C=O) groups excluding carboxylic acids is 3. The summed E-state index contributed by atoms with van der Waals surface area (Å²) in [5.74, 6) is -0.161. The van der Waals surface area contributed by atoms with Crippen LogP contribution < -0.4 is 15.5 Å². The summed E-state index contributed by atoms with van der Waals surface area (Å²) in [5, 5.41) is 6.86. The van der Waals surface area contributed by atoms with Crippen LogP contribution in [0.1, 0.15) is 58.0 Å². The van der Waals surface area contributed by atoms with Gasteiger partial charge in [0.15, 0.2) is 0 Å². The average Bonchev–Trinajstić information content (AvgIpc) is 2.89. The highest BCUT2D eigenvalue weighted by Gasteiger charge is 2.23. The standard InChI is InChI=1S/C28H27N3O5/c1-2-6-25(32)36-26-16-13-22-17-23(14-15-24(22)35-26)30-27(33)21-11-9-19(10-12-21)18-29-31-28(34)20-7-4-3-5-8-20/h3-5,7-12,14-15,17-18,26H,2,6,13,16H2,1H3,(H,30,33)(H,31,34). The first-order valence-electron chi connectivity index (χ1n) is 11.8. The SMILES string of the molecule is CCCC(=O)OC1CCc2cc(NC(=O)c3ccc(C=NNC(=O)c4ccccc4)cc3)ccc2O1. The van der Waals surface area contributed by atoms with Gasteiger partial charge in [0.25, 0.3) is 11.8 Å². The van der Waals surface area contributed by atoms with Crippen LogP contribution in [0.5, 0.6) is 5.75 Å². The molecule has 1 atom stereocenters. The van der Waals surface area contributed by atoms with Crippen LogP contribution in [0.25, 0.3) is 0 Å². The average molecular weight is 486 g/mol. The fraction of sp³-hybridized carbons (Fsp3) is 0.214. The molecule has 0 aromatic heterocycles. The van der Waals surface area contributed by atoms with Crippen molar-refractivity contribution in [2.45, 2.75) is 38.9 Å². The highest BCUT2D eigenvalue weighted by Crippen LogP contribution is 2.30. The molecule has 2 amide bonds. The van der Waals surface area contributed by atoms with E-state index in [1.807, 2.05) is 19.1 Å². The van der Waals surface area contributed by atoms with Gasteiger partial charge in [-0.2, -0.15) is 5.10 Å². The summed E-state index contributed by atoms with van der Waals surface area (Å²) in [6.07, 6.45) is 3.28. The van der Waals surface area contributed by atoms with E-state index in [0.717, 1.165) is 17.5 Å². The molecule has 0 saturated carbocycles. The van der Waals surface area contributed by atoms with Gasteiger partial charge in [-0.05, 0) is 66.4 Å². The Bertz CT molecular complexity index is 1260. The van der Waals surface area contributed by atoms with Gasteiger partial charge in [0.2, 0.25) is 6.29 Å². The summed E-state index contributed by atoms with van der Waals surface area (Å²) in [6, 6.07) is 21.1.